The third kappa shape index (κ3) is 4.07. The van der Waals surface area contributed by atoms with Gasteiger partial charge >= 0.3 is 6.03 Å². The van der Waals surface area contributed by atoms with Crippen molar-refractivity contribution in [2.24, 2.45) is 0 Å². The van der Waals surface area contributed by atoms with Gasteiger partial charge in [-0.15, -0.1) is 0 Å². The average Bonchev–Trinajstić information content (AvgIpc) is 2.92. The summed E-state index contributed by atoms with van der Waals surface area (Å²) in [7, 11) is -2.94. The van der Waals surface area contributed by atoms with Crippen LogP contribution < -0.4 is 10.6 Å². The van der Waals surface area contributed by atoms with Crippen LogP contribution in [0.4, 0.5) is 4.79 Å². The minimum absolute atomic E-state index is 0.0743. The highest BCUT2D eigenvalue weighted by atomic mass is 32.2. The SMILES string of the molecule is CCN1CCC[C@H]1CNC(=O)N[C@@H]1CCS(=O)(=O)C1. The highest BCUT2D eigenvalue weighted by Crippen LogP contribution is 2.15. The third-order valence-electron chi connectivity index (χ3n) is 3.97. The van der Waals surface area contributed by atoms with Gasteiger partial charge in [0.15, 0.2) is 9.84 Å². The topological polar surface area (TPSA) is 78.5 Å². The number of likely N-dealkylation sites (N-methyl/N-ethyl adjacent to an activating group) is 1. The number of carbonyl (C=O) groups excluding carboxylic acids is 1. The molecular weight excluding hydrogens is 266 g/mol. The molecule has 2 heterocycles. The summed E-state index contributed by atoms with van der Waals surface area (Å²) in [5.41, 5.74) is 0. The van der Waals surface area contributed by atoms with Crippen LogP contribution in [0.15, 0.2) is 0 Å². The van der Waals surface area contributed by atoms with Crippen LogP contribution in [0.2, 0.25) is 0 Å². The smallest absolute Gasteiger partial charge is 0.315 e. The Labute approximate surface area is 114 Å². The van der Waals surface area contributed by atoms with E-state index in [-0.39, 0.29) is 23.6 Å². The van der Waals surface area contributed by atoms with Crippen molar-refractivity contribution in [2.45, 2.75) is 38.3 Å². The largest absolute Gasteiger partial charge is 0.337 e. The fourth-order valence-corrected chi connectivity index (χ4v) is 4.57. The van der Waals surface area contributed by atoms with E-state index in [1.807, 2.05) is 0 Å². The number of nitrogens with zero attached hydrogens (tertiary/aromatic N) is 1. The Morgan fingerprint density at radius 2 is 2.16 bits per heavy atom. The molecular formula is C12H23N3O3S. The summed E-state index contributed by atoms with van der Waals surface area (Å²) in [6, 6.07) is -0.0519. The van der Waals surface area contributed by atoms with E-state index in [9.17, 15) is 13.2 Å². The first-order valence-electron chi connectivity index (χ1n) is 6.99. The number of nitrogens with one attached hydrogen (secondary N) is 2. The van der Waals surface area contributed by atoms with Crippen molar-refractivity contribution in [3.05, 3.63) is 0 Å². The zero-order valence-corrected chi connectivity index (χ0v) is 12.2. The fourth-order valence-electron chi connectivity index (χ4n) is 2.90. The van der Waals surface area contributed by atoms with Crippen LogP contribution in [0.3, 0.4) is 0 Å². The van der Waals surface area contributed by atoms with Crippen LogP contribution in [0.5, 0.6) is 0 Å². The van der Waals surface area contributed by atoms with Gasteiger partial charge in [-0.2, -0.15) is 0 Å². The minimum atomic E-state index is -2.94. The summed E-state index contributed by atoms with van der Waals surface area (Å²) < 4.78 is 22.6. The van der Waals surface area contributed by atoms with E-state index in [1.165, 1.54) is 6.42 Å². The van der Waals surface area contributed by atoms with Crippen LogP contribution in [0, 0.1) is 0 Å². The molecule has 0 aromatic carbocycles. The zero-order valence-electron chi connectivity index (χ0n) is 11.4. The molecule has 2 N–H and O–H groups in total. The molecule has 2 fully saturated rings. The molecule has 0 radical (unpaired) electrons. The maximum Gasteiger partial charge on any atom is 0.315 e. The first-order valence-corrected chi connectivity index (χ1v) is 8.81. The van der Waals surface area contributed by atoms with E-state index in [4.69, 9.17) is 0 Å². The third-order valence-corrected chi connectivity index (χ3v) is 5.74. The monoisotopic (exact) mass is 289 g/mol. The second-order valence-electron chi connectivity index (χ2n) is 5.38. The van der Waals surface area contributed by atoms with Gasteiger partial charge in [0.2, 0.25) is 0 Å². The van der Waals surface area contributed by atoms with Crippen molar-refractivity contribution >= 4 is 15.9 Å². The Bertz CT molecular complexity index is 424. The highest BCUT2D eigenvalue weighted by Gasteiger charge is 2.29. The van der Waals surface area contributed by atoms with Gasteiger partial charge in [0.1, 0.15) is 0 Å². The molecule has 0 unspecified atom stereocenters. The van der Waals surface area contributed by atoms with E-state index in [0.717, 1.165) is 19.5 Å². The summed E-state index contributed by atoms with van der Waals surface area (Å²) in [6.07, 6.45) is 2.83. The van der Waals surface area contributed by atoms with Crippen LogP contribution in [0.1, 0.15) is 26.2 Å². The van der Waals surface area contributed by atoms with E-state index < -0.39 is 9.84 Å². The predicted octanol–water partition coefficient (Wildman–Crippen LogP) is -0.0430. The molecule has 2 saturated heterocycles. The van der Waals surface area contributed by atoms with Crippen molar-refractivity contribution < 1.29 is 13.2 Å². The van der Waals surface area contributed by atoms with Gasteiger partial charge in [-0.05, 0) is 32.4 Å². The summed E-state index contributed by atoms with van der Waals surface area (Å²) in [5.74, 6) is 0.259. The summed E-state index contributed by atoms with van der Waals surface area (Å²) >= 11 is 0. The molecule has 0 aliphatic carbocycles. The molecule has 2 amide bonds. The Balaban J connectivity index is 1.70. The fraction of sp³-hybridized carbons (Fsp3) is 0.917. The van der Waals surface area contributed by atoms with Crippen molar-refractivity contribution in [1.29, 1.82) is 0 Å². The Morgan fingerprint density at radius 3 is 2.79 bits per heavy atom. The number of amides is 2. The molecule has 19 heavy (non-hydrogen) atoms. The maximum absolute atomic E-state index is 11.7. The predicted molar refractivity (Wildman–Crippen MR) is 73.9 cm³/mol. The van der Waals surface area contributed by atoms with E-state index in [0.29, 0.717) is 19.0 Å². The molecule has 2 rings (SSSR count). The lowest BCUT2D eigenvalue weighted by Gasteiger charge is -2.23. The van der Waals surface area contributed by atoms with Gasteiger partial charge in [0, 0.05) is 18.6 Å². The van der Waals surface area contributed by atoms with Crippen LogP contribution in [-0.4, -0.2) is 62.6 Å². The maximum atomic E-state index is 11.7. The second kappa shape index (κ2) is 6.09. The van der Waals surface area contributed by atoms with Crippen LogP contribution in [0.25, 0.3) is 0 Å². The quantitative estimate of drug-likeness (QED) is 0.761. The van der Waals surface area contributed by atoms with E-state index in [2.05, 4.69) is 22.5 Å². The Kier molecular flexibility index (Phi) is 4.67. The summed E-state index contributed by atoms with van der Waals surface area (Å²) in [5, 5.41) is 5.60. The highest BCUT2D eigenvalue weighted by molar-refractivity contribution is 7.91. The zero-order chi connectivity index (χ0) is 13.9. The summed E-state index contributed by atoms with van der Waals surface area (Å²) in [6.45, 7) is 4.88. The molecule has 110 valence electrons. The molecule has 2 aliphatic heterocycles. The minimum Gasteiger partial charge on any atom is -0.337 e. The van der Waals surface area contributed by atoms with Gasteiger partial charge in [0.25, 0.3) is 0 Å². The molecule has 6 nitrogen and oxygen atoms in total. The number of carbonyl (C=O) groups is 1. The molecule has 0 bridgehead atoms. The van der Waals surface area contributed by atoms with Crippen molar-refractivity contribution in [3.8, 4) is 0 Å². The van der Waals surface area contributed by atoms with Crippen molar-refractivity contribution in [1.82, 2.24) is 15.5 Å². The lowest BCUT2D eigenvalue weighted by atomic mass is 10.2. The van der Waals surface area contributed by atoms with Gasteiger partial charge in [-0.25, -0.2) is 13.2 Å². The lowest BCUT2D eigenvalue weighted by Crippen LogP contribution is -2.47. The Morgan fingerprint density at radius 1 is 1.37 bits per heavy atom. The molecule has 7 heteroatoms. The molecule has 0 aromatic heterocycles. The first kappa shape index (κ1) is 14.6. The molecule has 0 saturated carbocycles. The van der Waals surface area contributed by atoms with Gasteiger partial charge in [0.05, 0.1) is 11.5 Å². The van der Waals surface area contributed by atoms with E-state index in [1.54, 1.807) is 0 Å². The lowest BCUT2D eigenvalue weighted by molar-refractivity contribution is 0.226. The molecule has 2 aliphatic rings. The van der Waals surface area contributed by atoms with Crippen LogP contribution >= 0.6 is 0 Å². The van der Waals surface area contributed by atoms with Gasteiger partial charge in [-0.3, -0.25) is 4.90 Å². The molecule has 0 spiro atoms. The second-order valence-corrected chi connectivity index (χ2v) is 7.61. The van der Waals surface area contributed by atoms with Crippen LogP contribution in [-0.2, 0) is 9.84 Å². The number of likely N-dealkylation sites (tertiary alicyclic amines) is 1. The number of hydrogen-bond donors (Lipinski definition) is 2. The van der Waals surface area contributed by atoms with Gasteiger partial charge in [-0.1, -0.05) is 6.92 Å². The first-order chi connectivity index (χ1) is 9.00. The Hall–Kier alpha value is -0.820. The van der Waals surface area contributed by atoms with Crippen molar-refractivity contribution in [3.63, 3.8) is 0 Å². The number of urea groups is 1. The standard InChI is InChI=1S/C12H23N3O3S/c1-2-15-6-3-4-11(15)8-13-12(16)14-10-5-7-19(17,18)9-10/h10-11H,2-9H2,1H3,(H2,13,14,16)/t10-,11+/m1/s1. The van der Waals surface area contributed by atoms with E-state index >= 15 is 0 Å². The number of hydrogen-bond acceptors (Lipinski definition) is 4. The average molecular weight is 289 g/mol. The molecule has 0 aromatic rings. The summed E-state index contributed by atoms with van der Waals surface area (Å²) in [4.78, 5) is 14.1. The normalized spacial score (nSPS) is 30.4. The van der Waals surface area contributed by atoms with Crippen molar-refractivity contribution in [2.75, 3.05) is 31.1 Å². The number of sulfone groups is 1. The van der Waals surface area contributed by atoms with Gasteiger partial charge < -0.3 is 10.6 Å². The number of rotatable bonds is 4. The molecule has 2 atom stereocenters.